The van der Waals surface area contributed by atoms with Crippen LogP contribution in [0.25, 0.3) is 21.9 Å². The second-order valence-corrected chi connectivity index (χ2v) is 8.70. The SMILES string of the molecule is COc1cc(OC)c2c(c1-c1c(C)cc(OC)c3c(OC)cc(C)cc13)C[C@H](C)N[C@H]2C. The van der Waals surface area contributed by atoms with Gasteiger partial charge in [0.05, 0.1) is 33.8 Å². The van der Waals surface area contributed by atoms with Gasteiger partial charge in [-0.2, -0.15) is 0 Å². The van der Waals surface area contributed by atoms with Crippen molar-refractivity contribution in [2.75, 3.05) is 28.4 Å². The third-order valence-corrected chi connectivity index (χ3v) is 6.51. The number of nitrogens with one attached hydrogen (secondary N) is 1. The van der Waals surface area contributed by atoms with E-state index >= 15 is 0 Å². The van der Waals surface area contributed by atoms with Gasteiger partial charge in [-0.05, 0) is 73.9 Å². The minimum absolute atomic E-state index is 0.175. The van der Waals surface area contributed by atoms with E-state index in [1.807, 2.05) is 6.07 Å². The summed E-state index contributed by atoms with van der Waals surface area (Å²) in [5.41, 5.74) is 7.01. The molecule has 5 nitrogen and oxygen atoms in total. The number of aryl methyl sites for hydroxylation is 2. The molecule has 1 aliphatic rings. The summed E-state index contributed by atoms with van der Waals surface area (Å²) in [5, 5.41) is 5.74. The first-order valence-corrected chi connectivity index (χ1v) is 11.0. The van der Waals surface area contributed by atoms with E-state index in [-0.39, 0.29) is 6.04 Å². The molecule has 0 unspecified atom stereocenters. The molecule has 5 heteroatoms. The Hall–Kier alpha value is -2.92. The molecule has 0 fully saturated rings. The molecule has 0 bridgehead atoms. The van der Waals surface area contributed by atoms with Crippen molar-refractivity contribution in [3.8, 4) is 34.1 Å². The second-order valence-electron chi connectivity index (χ2n) is 8.70. The van der Waals surface area contributed by atoms with Crippen molar-refractivity contribution in [2.45, 2.75) is 46.2 Å². The lowest BCUT2D eigenvalue weighted by molar-refractivity contribution is 0.371. The van der Waals surface area contributed by atoms with Crippen molar-refractivity contribution in [1.82, 2.24) is 5.32 Å². The maximum atomic E-state index is 5.96. The fourth-order valence-electron chi connectivity index (χ4n) is 5.28. The van der Waals surface area contributed by atoms with Crippen LogP contribution in [0.4, 0.5) is 0 Å². The largest absolute Gasteiger partial charge is 0.496 e. The minimum Gasteiger partial charge on any atom is -0.496 e. The van der Waals surface area contributed by atoms with Gasteiger partial charge in [0.15, 0.2) is 0 Å². The van der Waals surface area contributed by atoms with Gasteiger partial charge in [0.2, 0.25) is 0 Å². The summed E-state index contributed by atoms with van der Waals surface area (Å²) >= 11 is 0. The van der Waals surface area contributed by atoms with E-state index in [0.29, 0.717) is 6.04 Å². The van der Waals surface area contributed by atoms with Crippen LogP contribution < -0.4 is 24.3 Å². The predicted octanol–water partition coefficient (Wildman–Crippen LogP) is 5.75. The Morgan fingerprint density at radius 3 is 2.00 bits per heavy atom. The smallest absolute Gasteiger partial charge is 0.130 e. The van der Waals surface area contributed by atoms with E-state index in [0.717, 1.165) is 62.4 Å². The Balaban J connectivity index is 2.20. The Morgan fingerprint density at radius 2 is 1.38 bits per heavy atom. The molecular formula is C27H33NO4. The molecule has 1 heterocycles. The molecule has 3 aromatic rings. The third-order valence-electron chi connectivity index (χ3n) is 6.51. The Morgan fingerprint density at radius 1 is 0.750 bits per heavy atom. The highest BCUT2D eigenvalue weighted by molar-refractivity contribution is 6.07. The van der Waals surface area contributed by atoms with Gasteiger partial charge in [0, 0.05) is 29.3 Å². The van der Waals surface area contributed by atoms with Crippen molar-refractivity contribution in [3.63, 3.8) is 0 Å². The summed E-state index contributed by atoms with van der Waals surface area (Å²) in [5.74, 6) is 3.29. The zero-order chi connectivity index (χ0) is 23.2. The zero-order valence-electron chi connectivity index (χ0n) is 20.3. The summed E-state index contributed by atoms with van der Waals surface area (Å²) in [7, 11) is 6.86. The van der Waals surface area contributed by atoms with Crippen molar-refractivity contribution >= 4 is 10.8 Å². The predicted molar refractivity (Wildman–Crippen MR) is 130 cm³/mol. The molecule has 4 rings (SSSR count). The van der Waals surface area contributed by atoms with Crippen LogP contribution in [0.3, 0.4) is 0 Å². The lowest BCUT2D eigenvalue weighted by Crippen LogP contribution is -2.36. The van der Waals surface area contributed by atoms with Crippen LogP contribution in [-0.4, -0.2) is 34.5 Å². The van der Waals surface area contributed by atoms with Crippen LogP contribution in [-0.2, 0) is 6.42 Å². The first-order chi connectivity index (χ1) is 15.3. The topological polar surface area (TPSA) is 49.0 Å². The quantitative estimate of drug-likeness (QED) is 0.553. The molecule has 0 aromatic heterocycles. The maximum absolute atomic E-state index is 5.96. The normalized spacial score (nSPS) is 17.8. The highest BCUT2D eigenvalue weighted by Gasteiger charge is 2.31. The van der Waals surface area contributed by atoms with E-state index in [2.05, 4.69) is 51.2 Å². The Labute approximate surface area is 190 Å². The molecule has 0 spiro atoms. The fraction of sp³-hybridized carbons (Fsp3) is 0.407. The first kappa shape index (κ1) is 22.3. The number of fused-ring (bicyclic) bond motifs is 2. The minimum atomic E-state index is 0.175. The van der Waals surface area contributed by atoms with Crippen LogP contribution in [0.2, 0.25) is 0 Å². The molecule has 0 radical (unpaired) electrons. The van der Waals surface area contributed by atoms with Crippen LogP contribution in [0.5, 0.6) is 23.0 Å². The average molecular weight is 436 g/mol. The van der Waals surface area contributed by atoms with Crippen molar-refractivity contribution in [1.29, 1.82) is 0 Å². The standard InChI is InChI=1S/C27H33NO4/c1-14-9-18-24(15(2)11-21(30-6)26(18)20(10-14)29-5)27-19-12-16(3)28-17(4)25(19)22(31-7)13-23(27)32-8/h9-11,13,16-17,28H,12H2,1-8H3/t16-,17-/m0/s1. The highest BCUT2D eigenvalue weighted by atomic mass is 16.5. The van der Waals surface area contributed by atoms with E-state index < -0.39 is 0 Å². The van der Waals surface area contributed by atoms with Crippen LogP contribution >= 0.6 is 0 Å². The lowest BCUT2D eigenvalue weighted by Gasteiger charge is -2.33. The van der Waals surface area contributed by atoms with Gasteiger partial charge in [0.1, 0.15) is 23.0 Å². The number of benzene rings is 3. The van der Waals surface area contributed by atoms with Gasteiger partial charge in [0.25, 0.3) is 0 Å². The van der Waals surface area contributed by atoms with Crippen molar-refractivity contribution in [3.05, 3.63) is 46.5 Å². The molecule has 32 heavy (non-hydrogen) atoms. The van der Waals surface area contributed by atoms with E-state index in [1.54, 1.807) is 28.4 Å². The summed E-state index contributed by atoms with van der Waals surface area (Å²) in [6.45, 7) is 8.65. The molecular weight excluding hydrogens is 402 g/mol. The highest BCUT2D eigenvalue weighted by Crippen LogP contribution is 2.50. The number of hydrogen-bond acceptors (Lipinski definition) is 5. The van der Waals surface area contributed by atoms with E-state index in [4.69, 9.17) is 18.9 Å². The first-order valence-electron chi connectivity index (χ1n) is 11.0. The molecule has 1 aliphatic heterocycles. The van der Waals surface area contributed by atoms with Gasteiger partial charge < -0.3 is 24.3 Å². The molecule has 170 valence electrons. The molecule has 2 atom stereocenters. The Bertz CT molecular complexity index is 1170. The molecule has 0 amide bonds. The van der Waals surface area contributed by atoms with Gasteiger partial charge in [-0.3, -0.25) is 0 Å². The number of hydrogen-bond donors (Lipinski definition) is 1. The van der Waals surface area contributed by atoms with Crippen LogP contribution in [0.1, 0.15) is 42.1 Å². The number of ether oxygens (including phenoxy) is 4. The Kier molecular flexibility index (Phi) is 5.95. The summed E-state index contributed by atoms with van der Waals surface area (Å²) in [6.07, 6.45) is 0.887. The van der Waals surface area contributed by atoms with Gasteiger partial charge in [-0.25, -0.2) is 0 Å². The molecule has 0 saturated heterocycles. The number of methoxy groups -OCH3 is 4. The van der Waals surface area contributed by atoms with Crippen molar-refractivity contribution in [2.24, 2.45) is 0 Å². The second kappa shape index (κ2) is 8.55. The van der Waals surface area contributed by atoms with Crippen LogP contribution in [0.15, 0.2) is 24.3 Å². The van der Waals surface area contributed by atoms with E-state index in [1.165, 1.54) is 11.1 Å². The monoisotopic (exact) mass is 435 g/mol. The average Bonchev–Trinajstić information content (AvgIpc) is 2.77. The summed E-state index contributed by atoms with van der Waals surface area (Å²) in [4.78, 5) is 0. The summed E-state index contributed by atoms with van der Waals surface area (Å²) < 4.78 is 23.3. The molecule has 1 N–H and O–H groups in total. The maximum Gasteiger partial charge on any atom is 0.130 e. The van der Waals surface area contributed by atoms with E-state index in [9.17, 15) is 0 Å². The number of rotatable bonds is 5. The lowest BCUT2D eigenvalue weighted by atomic mass is 9.81. The summed E-state index contributed by atoms with van der Waals surface area (Å²) in [6, 6.07) is 8.90. The van der Waals surface area contributed by atoms with Crippen LogP contribution in [0, 0.1) is 13.8 Å². The van der Waals surface area contributed by atoms with Crippen molar-refractivity contribution < 1.29 is 18.9 Å². The fourth-order valence-corrected chi connectivity index (χ4v) is 5.28. The zero-order valence-corrected chi connectivity index (χ0v) is 20.3. The van der Waals surface area contributed by atoms with Gasteiger partial charge in [-0.1, -0.05) is 6.07 Å². The van der Waals surface area contributed by atoms with Gasteiger partial charge >= 0.3 is 0 Å². The third kappa shape index (κ3) is 3.45. The molecule has 0 aliphatic carbocycles. The molecule has 0 saturated carbocycles. The molecule has 3 aromatic carbocycles. The van der Waals surface area contributed by atoms with Gasteiger partial charge in [-0.15, -0.1) is 0 Å².